The predicted octanol–water partition coefficient (Wildman–Crippen LogP) is 7.29. The van der Waals surface area contributed by atoms with Crippen LogP contribution in [-0.2, 0) is 18.4 Å². The number of carbonyl (C=O) groups excluding carboxylic acids is 2. The smallest absolute Gasteiger partial charge is 0.272 e. The van der Waals surface area contributed by atoms with Crippen LogP contribution >= 0.6 is 34.8 Å². The van der Waals surface area contributed by atoms with Crippen LogP contribution in [-0.4, -0.2) is 40.6 Å². The molecule has 43 heavy (non-hydrogen) atoms. The summed E-state index contributed by atoms with van der Waals surface area (Å²) in [5, 5.41) is 8.44. The first-order valence-electron chi connectivity index (χ1n) is 12.8. The van der Waals surface area contributed by atoms with Crippen molar-refractivity contribution in [3.63, 3.8) is 0 Å². The summed E-state index contributed by atoms with van der Waals surface area (Å²) in [6.07, 6.45) is -3.75. The number of anilines is 3. The monoisotopic (exact) mass is 657 g/mol. The topological polar surface area (TPSA) is 97.3 Å². The second-order valence-electron chi connectivity index (χ2n) is 9.71. The van der Waals surface area contributed by atoms with E-state index in [1.807, 2.05) is 0 Å². The maximum atomic E-state index is 13.6. The lowest BCUT2D eigenvalue weighted by Crippen LogP contribution is -2.25. The van der Waals surface area contributed by atoms with Gasteiger partial charge in [-0.05, 0) is 42.3 Å². The van der Waals surface area contributed by atoms with Gasteiger partial charge in [-0.15, -0.1) is 0 Å². The van der Waals surface area contributed by atoms with Gasteiger partial charge < -0.3 is 25.3 Å². The summed E-state index contributed by atoms with van der Waals surface area (Å²) in [7, 11) is 1.63. The summed E-state index contributed by atoms with van der Waals surface area (Å²) in [5.41, 5.74) is 1.54. The fraction of sp³-hybridized carbons (Fsp3) is 0.250. The van der Waals surface area contributed by atoms with Crippen LogP contribution in [0.2, 0.25) is 15.1 Å². The Hall–Kier alpha value is -3.74. The minimum Gasteiger partial charge on any atom is -0.487 e. The van der Waals surface area contributed by atoms with Crippen molar-refractivity contribution in [1.29, 1.82) is 0 Å². The van der Waals surface area contributed by atoms with Crippen molar-refractivity contribution >= 4 is 75.0 Å². The van der Waals surface area contributed by atoms with E-state index in [4.69, 9.17) is 39.5 Å². The van der Waals surface area contributed by atoms with E-state index in [-0.39, 0.29) is 62.2 Å². The number of halogens is 7. The van der Waals surface area contributed by atoms with E-state index in [0.717, 1.165) is 6.07 Å². The van der Waals surface area contributed by atoms with E-state index >= 15 is 0 Å². The zero-order chi connectivity index (χ0) is 31.0. The van der Waals surface area contributed by atoms with Gasteiger partial charge in [-0.3, -0.25) is 9.59 Å². The van der Waals surface area contributed by atoms with Gasteiger partial charge in [-0.2, -0.15) is 0 Å². The number of aromatic nitrogens is 2. The van der Waals surface area contributed by atoms with E-state index in [1.165, 1.54) is 24.3 Å². The number of fused-ring (bicyclic) bond motifs is 1. The number of carbonyl (C=O) groups is 2. The van der Waals surface area contributed by atoms with Gasteiger partial charge in [0, 0.05) is 25.3 Å². The van der Waals surface area contributed by atoms with Crippen molar-refractivity contribution in [3.8, 4) is 5.75 Å². The maximum Gasteiger partial charge on any atom is 0.272 e. The average molecular weight is 659 g/mol. The number of amides is 2. The molecule has 1 fully saturated rings. The van der Waals surface area contributed by atoms with Crippen molar-refractivity contribution < 1.29 is 31.9 Å². The Morgan fingerprint density at radius 3 is 2.53 bits per heavy atom. The summed E-state index contributed by atoms with van der Waals surface area (Å²) >= 11 is 18.8. The third kappa shape index (κ3) is 6.76. The Balaban J connectivity index is 1.45. The first-order chi connectivity index (χ1) is 20.4. The second-order valence-corrected chi connectivity index (χ2v) is 10.9. The summed E-state index contributed by atoms with van der Waals surface area (Å²) in [5.74, 6) is -2.40. The van der Waals surface area contributed by atoms with Crippen LogP contribution in [0.3, 0.4) is 0 Å². The SMILES string of the molecule is Cn1c(Nc2c(Cl)ccc(CNC(=O)C3CC3F)c2Cl)nc2cc(C(=O)Nc3ccc(F)c(Cl)c3)c(OCC(F)F)cc21. The van der Waals surface area contributed by atoms with Crippen molar-refractivity contribution in [2.75, 3.05) is 17.2 Å². The van der Waals surface area contributed by atoms with E-state index < -0.39 is 42.8 Å². The average Bonchev–Trinajstić information content (AvgIpc) is 3.62. The molecule has 1 aliphatic rings. The van der Waals surface area contributed by atoms with Crippen molar-refractivity contribution in [2.24, 2.45) is 13.0 Å². The molecule has 0 radical (unpaired) electrons. The second kappa shape index (κ2) is 12.5. The molecule has 226 valence electrons. The summed E-state index contributed by atoms with van der Waals surface area (Å²) < 4.78 is 59.6. The third-order valence-corrected chi connectivity index (χ3v) is 7.72. The highest BCUT2D eigenvalue weighted by Gasteiger charge is 2.43. The highest BCUT2D eigenvalue weighted by Crippen LogP contribution is 2.38. The Bertz CT molecular complexity index is 1740. The zero-order valence-corrected chi connectivity index (χ0v) is 24.4. The number of alkyl halides is 3. The van der Waals surface area contributed by atoms with Crippen LogP contribution in [0, 0.1) is 11.7 Å². The quantitative estimate of drug-likeness (QED) is 0.156. The molecule has 1 saturated carbocycles. The van der Waals surface area contributed by atoms with Gasteiger partial charge in [0.2, 0.25) is 11.9 Å². The maximum absolute atomic E-state index is 13.6. The van der Waals surface area contributed by atoms with Crippen LogP contribution in [0.1, 0.15) is 22.3 Å². The van der Waals surface area contributed by atoms with Crippen molar-refractivity contribution in [2.45, 2.75) is 25.6 Å². The van der Waals surface area contributed by atoms with Gasteiger partial charge in [-0.25, -0.2) is 22.5 Å². The molecule has 0 bridgehead atoms. The number of hydrogen-bond donors (Lipinski definition) is 3. The van der Waals surface area contributed by atoms with Crippen LogP contribution in [0.5, 0.6) is 5.75 Å². The first-order valence-corrected chi connectivity index (χ1v) is 13.9. The first kappa shape index (κ1) is 30.7. The minimum absolute atomic E-state index is 0.0395. The standard InChI is InChI=1S/C28H22Cl3F4N5O3/c1-40-21-9-22(43-11-23(34)35)15(27(42)37-13-3-5-18(32)17(30)6-13)8-20(21)38-28(40)39-25-16(29)4-2-12(24(25)31)10-36-26(41)14-7-19(14)33/h2-6,8-9,14,19,23H,7,10-11H2,1H3,(H,36,41)(H,37,42)(H,38,39). The third-order valence-electron chi connectivity index (χ3n) is 6.68. The highest BCUT2D eigenvalue weighted by atomic mass is 35.5. The van der Waals surface area contributed by atoms with E-state index in [9.17, 15) is 27.2 Å². The lowest BCUT2D eigenvalue weighted by Gasteiger charge is -2.14. The molecule has 1 heterocycles. The molecule has 0 saturated heterocycles. The zero-order valence-electron chi connectivity index (χ0n) is 22.2. The molecule has 2 unspecified atom stereocenters. The van der Waals surface area contributed by atoms with Crippen LogP contribution in [0.4, 0.5) is 34.9 Å². The largest absolute Gasteiger partial charge is 0.487 e. The summed E-state index contributed by atoms with van der Waals surface area (Å²) in [6.45, 7) is -0.934. The number of hydrogen-bond acceptors (Lipinski definition) is 5. The number of aryl methyl sites for hydroxylation is 1. The fourth-order valence-electron chi connectivity index (χ4n) is 4.26. The number of imidazole rings is 1. The molecular weight excluding hydrogens is 637 g/mol. The number of rotatable bonds is 10. The van der Waals surface area contributed by atoms with Gasteiger partial charge >= 0.3 is 0 Å². The van der Waals surface area contributed by atoms with E-state index in [2.05, 4.69) is 20.9 Å². The molecule has 2 atom stereocenters. The molecule has 1 aromatic heterocycles. The molecule has 0 spiro atoms. The van der Waals surface area contributed by atoms with Gasteiger partial charge in [0.25, 0.3) is 12.3 Å². The number of ether oxygens (including phenoxy) is 1. The van der Waals surface area contributed by atoms with Crippen LogP contribution in [0.25, 0.3) is 11.0 Å². The normalized spacial score (nSPS) is 15.9. The van der Waals surface area contributed by atoms with Crippen molar-refractivity contribution in [1.82, 2.24) is 14.9 Å². The summed E-state index contributed by atoms with van der Waals surface area (Å²) in [4.78, 5) is 29.7. The molecule has 5 rings (SSSR count). The molecule has 4 aromatic rings. The Morgan fingerprint density at radius 2 is 1.86 bits per heavy atom. The van der Waals surface area contributed by atoms with Gasteiger partial charge in [0.15, 0.2) is 0 Å². The van der Waals surface area contributed by atoms with Crippen LogP contribution < -0.4 is 20.7 Å². The molecule has 1 aliphatic carbocycles. The molecule has 2 amide bonds. The van der Waals surface area contributed by atoms with Gasteiger partial charge in [-0.1, -0.05) is 40.9 Å². The van der Waals surface area contributed by atoms with E-state index in [0.29, 0.717) is 11.1 Å². The molecular formula is C28H22Cl3F4N5O3. The number of nitrogens with one attached hydrogen (secondary N) is 3. The Morgan fingerprint density at radius 1 is 1.12 bits per heavy atom. The lowest BCUT2D eigenvalue weighted by molar-refractivity contribution is -0.122. The molecule has 3 N–H and O–H groups in total. The molecule has 8 nitrogen and oxygen atoms in total. The molecule has 15 heteroatoms. The van der Waals surface area contributed by atoms with Crippen molar-refractivity contribution in [3.05, 3.63) is 74.5 Å². The lowest BCUT2D eigenvalue weighted by atomic mass is 10.1. The minimum atomic E-state index is -2.81. The number of benzene rings is 3. The van der Waals surface area contributed by atoms with Gasteiger partial charge in [0.05, 0.1) is 43.3 Å². The van der Waals surface area contributed by atoms with Gasteiger partial charge in [0.1, 0.15) is 24.3 Å². The predicted molar refractivity (Wildman–Crippen MR) is 156 cm³/mol. The molecule has 0 aliphatic heterocycles. The fourth-order valence-corrected chi connectivity index (χ4v) is 4.97. The summed E-state index contributed by atoms with van der Waals surface area (Å²) in [6, 6.07) is 9.48. The Labute approximate surface area is 257 Å². The van der Waals surface area contributed by atoms with Crippen LogP contribution in [0.15, 0.2) is 42.5 Å². The number of nitrogens with zero attached hydrogens (tertiary/aromatic N) is 2. The molecule has 3 aromatic carbocycles. The Kier molecular flexibility index (Phi) is 8.91. The van der Waals surface area contributed by atoms with E-state index in [1.54, 1.807) is 23.7 Å². The highest BCUT2D eigenvalue weighted by molar-refractivity contribution is 6.39.